The first-order valence-corrected chi connectivity index (χ1v) is 9.77. The summed E-state index contributed by atoms with van der Waals surface area (Å²) >= 11 is 3.41. The SMILES string of the molecule is C[C@H](C(=O)Nc1ccc(Br)cc1)[NH+]1CC[NH+](C[C@H]2CCCO2)CC1. The third-order valence-electron chi connectivity index (χ3n) is 5.26. The lowest BCUT2D eigenvalue weighted by molar-refractivity contribution is -1.02. The van der Waals surface area contributed by atoms with Crippen molar-refractivity contribution in [2.24, 2.45) is 0 Å². The molecule has 2 aliphatic heterocycles. The van der Waals surface area contributed by atoms with Gasteiger partial charge in [0.05, 0.1) is 0 Å². The van der Waals surface area contributed by atoms with Gasteiger partial charge in [-0.15, -0.1) is 0 Å². The Morgan fingerprint density at radius 2 is 2.00 bits per heavy atom. The van der Waals surface area contributed by atoms with Crippen LogP contribution in [-0.2, 0) is 9.53 Å². The van der Waals surface area contributed by atoms with E-state index in [1.54, 1.807) is 4.90 Å². The van der Waals surface area contributed by atoms with Crippen molar-refractivity contribution in [3.63, 3.8) is 0 Å². The van der Waals surface area contributed by atoms with E-state index in [-0.39, 0.29) is 11.9 Å². The maximum Gasteiger partial charge on any atom is 0.282 e. The maximum atomic E-state index is 12.5. The number of nitrogens with one attached hydrogen (secondary N) is 3. The molecule has 24 heavy (non-hydrogen) atoms. The van der Waals surface area contributed by atoms with E-state index in [0.29, 0.717) is 6.10 Å². The summed E-state index contributed by atoms with van der Waals surface area (Å²) in [6.07, 6.45) is 2.88. The molecule has 3 rings (SSSR count). The van der Waals surface area contributed by atoms with Crippen molar-refractivity contribution in [2.75, 3.05) is 44.6 Å². The first-order valence-electron chi connectivity index (χ1n) is 8.98. The average molecular weight is 398 g/mol. The number of piperazine rings is 1. The summed E-state index contributed by atoms with van der Waals surface area (Å²) in [4.78, 5) is 15.5. The van der Waals surface area contributed by atoms with Crippen molar-refractivity contribution in [3.05, 3.63) is 28.7 Å². The zero-order chi connectivity index (χ0) is 16.9. The predicted molar refractivity (Wildman–Crippen MR) is 97.5 cm³/mol. The molecule has 0 radical (unpaired) electrons. The van der Waals surface area contributed by atoms with Crippen LogP contribution in [0, 0.1) is 0 Å². The van der Waals surface area contributed by atoms with Gasteiger partial charge in [-0.1, -0.05) is 15.9 Å². The van der Waals surface area contributed by atoms with Crippen LogP contribution in [0.4, 0.5) is 5.69 Å². The first kappa shape index (κ1) is 17.9. The number of quaternary nitrogens is 2. The van der Waals surface area contributed by atoms with Crippen LogP contribution >= 0.6 is 15.9 Å². The fourth-order valence-corrected chi connectivity index (χ4v) is 3.92. The molecule has 0 aliphatic carbocycles. The molecule has 1 aromatic rings. The van der Waals surface area contributed by atoms with Gasteiger partial charge >= 0.3 is 0 Å². The van der Waals surface area contributed by atoms with Gasteiger partial charge in [-0.05, 0) is 44.0 Å². The predicted octanol–water partition coefficient (Wildman–Crippen LogP) is -0.261. The molecule has 3 N–H and O–H groups in total. The molecule has 2 atom stereocenters. The van der Waals surface area contributed by atoms with E-state index < -0.39 is 0 Å². The Balaban J connectivity index is 1.44. The molecule has 6 heteroatoms. The summed E-state index contributed by atoms with van der Waals surface area (Å²) in [5.41, 5.74) is 0.858. The number of anilines is 1. The van der Waals surface area contributed by atoms with Crippen LogP contribution in [0.25, 0.3) is 0 Å². The van der Waals surface area contributed by atoms with Crippen LogP contribution in [0.1, 0.15) is 19.8 Å². The van der Waals surface area contributed by atoms with Gasteiger partial charge in [-0.3, -0.25) is 4.79 Å². The Hall–Kier alpha value is -0.950. The van der Waals surface area contributed by atoms with Crippen LogP contribution in [0.5, 0.6) is 0 Å². The molecule has 2 aliphatic rings. The van der Waals surface area contributed by atoms with Crippen molar-refractivity contribution < 1.29 is 19.3 Å². The van der Waals surface area contributed by atoms with E-state index in [1.807, 2.05) is 31.2 Å². The highest BCUT2D eigenvalue weighted by atomic mass is 79.9. The van der Waals surface area contributed by atoms with Crippen molar-refractivity contribution in [1.82, 2.24) is 0 Å². The van der Waals surface area contributed by atoms with Crippen molar-refractivity contribution in [2.45, 2.75) is 31.9 Å². The highest BCUT2D eigenvalue weighted by molar-refractivity contribution is 9.10. The fourth-order valence-electron chi connectivity index (χ4n) is 3.66. The summed E-state index contributed by atoms with van der Waals surface area (Å²) in [5.74, 6) is 0.106. The summed E-state index contributed by atoms with van der Waals surface area (Å²) in [6.45, 7) is 8.47. The minimum atomic E-state index is -0.0158. The minimum Gasteiger partial charge on any atom is -0.372 e. The van der Waals surface area contributed by atoms with Crippen molar-refractivity contribution in [3.8, 4) is 0 Å². The monoisotopic (exact) mass is 397 g/mol. The molecule has 2 heterocycles. The maximum absolute atomic E-state index is 12.5. The summed E-state index contributed by atoms with van der Waals surface area (Å²) in [5, 5.41) is 3.03. The molecule has 0 aromatic heterocycles. The smallest absolute Gasteiger partial charge is 0.282 e. The van der Waals surface area contributed by atoms with Crippen molar-refractivity contribution in [1.29, 1.82) is 0 Å². The number of rotatable bonds is 5. The van der Waals surface area contributed by atoms with Crippen molar-refractivity contribution >= 4 is 27.5 Å². The lowest BCUT2D eigenvalue weighted by Crippen LogP contribution is -3.30. The van der Waals surface area contributed by atoms with Gasteiger partial charge in [0.2, 0.25) is 0 Å². The quantitative estimate of drug-likeness (QED) is 0.640. The standard InChI is InChI=1S/C18H26BrN3O2/c1-14(18(23)20-16-6-4-15(19)5-7-16)22-10-8-21(9-11-22)13-17-3-2-12-24-17/h4-7,14,17H,2-3,8-13H2,1H3,(H,20,23)/p+2/t14-,17-/m1/s1. The van der Waals surface area contributed by atoms with E-state index in [9.17, 15) is 4.79 Å². The molecular formula is C18H28BrN3O2+2. The van der Waals surface area contributed by atoms with E-state index in [1.165, 1.54) is 17.7 Å². The molecule has 0 bridgehead atoms. The molecule has 1 amide bonds. The highest BCUT2D eigenvalue weighted by Crippen LogP contribution is 2.14. The van der Waals surface area contributed by atoms with Gasteiger partial charge in [-0.2, -0.15) is 0 Å². The number of carbonyl (C=O) groups is 1. The van der Waals surface area contributed by atoms with E-state index in [2.05, 4.69) is 21.2 Å². The van der Waals surface area contributed by atoms with Crippen LogP contribution in [0.3, 0.4) is 0 Å². The minimum absolute atomic E-state index is 0.0158. The van der Waals surface area contributed by atoms with Crippen LogP contribution in [-0.4, -0.2) is 57.4 Å². The second-order valence-electron chi connectivity index (χ2n) is 6.97. The number of amides is 1. The summed E-state index contributed by atoms with van der Waals surface area (Å²) in [6, 6.07) is 7.72. The number of hydrogen-bond acceptors (Lipinski definition) is 2. The topological polar surface area (TPSA) is 47.2 Å². The number of halogens is 1. The third kappa shape index (κ3) is 4.79. The summed E-state index contributed by atoms with van der Waals surface area (Å²) < 4.78 is 6.77. The Labute approximate surface area is 152 Å². The zero-order valence-electron chi connectivity index (χ0n) is 14.3. The van der Waals surface area contributed by atoms with Gasteiger partial charge in [-0.25, -0.2) is 0 Å². The Bertz CT molecular complexity index is 538. The second-order valence-corrected chi connectivity index (χ2v) is 7.88. The van der Waals surface area contributed by atoms with Crippen LogP contribution in [0.2, 0.25) is 0 Å². The van der Waals surface area contributed by atoms with E-state index >= 15 is 0 Å². The Morgan fingerprint density at radius 1 is 1.29 bits per heavy atom. The number of benzene rings is 1. The van der Waals surface area contributed by atoms with Gasteiger partial charge in [0.25, 0.3) is 5.91 Å². The molecular weight excluding hydrogens is 370 g/mol. The summed E-state index contributed by atoms with van der Waals surface area (Å²) in [7, 11) is 0. The first-order chi connectivity index (χ1) is 11.6. The Kier molecular flexibility index (Phi) is 6.27. The number of carbonyl (C=O) groups excluding carboxylic acids is 1. The highest BCUT2D eigenvalue weighted by Gasteiger charge is 2.32. The lowest BCUT2D eigenvalue weighted by Gasteiger charge is -2.33. The molecule has 1 aromatic carbocycles. The second kappa shape index (κ2) is 8.43. The molecule has 0 unspecified atom stereocenters. The molecule has 0 saturated carbocycles. The Morgan fingerprint density at radius 3 is 2.62 bits per heavy atom. The van der Waals surface area contributed by atoms with Gasteiger partial charge in [0.15, 0.2) is 6.04 Å². The molecule has 0 spiro atoms. The number of ether oxygens (including phenoxy) is 1. The van der Waals surface area contributed by atoms with Gasteiger partial charge < -0.3 is 19.9 Å². The normalized spacial score (nSPS) is 28.5. The molecule has 2 saturated heterocycles. The molecule has 132 valence electrons. The average Bonchev–Trinajstić information content (AvgIpc) is 3.10. The molecule has 5 nitrogen and oxygen atoms in total. The molecule has 2 fully saturated rings. The zero-order valence-corrected chi connectivity index (χ0v) is 15.9. The fraction of sp³-hybridized carbons (Fsp3) is 0.611. The van der Waals surface area contributed by atoms with E-state index in [0.717, 1.165) is 49.5 Å². The number of hydrogen-bond donors (Lipinski definition) is 3. The third-order valence-corrected chi connectivity index (χ3v) is 5.79. The largest absolute Gasteiger partial charge is 0.372 e. The van der Waals surface area contributed by atoms with Crippen LogP contribution < -0.4 is 15.1 Å². The van der Waals surface area contributed by atoms with Gasteiger partial charge in [0, 0.05) is 16.8 Å². The lowest BCUT2D eigenvalue weighted by atomic mass is 10.2. The van der Waals surface area contributed by atoms with E-state index in [4.69, 9.17) is 4.74 Å². The van der Waals surface area contributed by atoms with Gasteiger partial charge in [0.1, 0.15) is 38.8 Å². The van der Waals surface area contributed by atoms with Crippen LogP contribution in [0.15, 0.2) is 28.7 Å².